The SMILES string of the molecule is CC(c1cc(O)ccc1O)N(C)C1CCCC1CN. The summed E-state index contributed by atoms with van der Waals surface area (Å²) in [7, 11) is 2.08. The fourth-order valence-corrected chi connectivity index (χ4v) is 3.21. The molecule has 2 rings (SSSR count). The number of phenols is 2. The van der Waals surface area contributed by atoms with Gasteiger partial charge in [0.1, 0.15) is 11.5 Å². The Morgan fingerprint density at radius 1 is 1.37 bits per heavy atom. The van der Waals surface area contributed by atoms with Crippen LogP contribution < -0.4 is 5.73 Å². The van der Waals surface area contributed by atoms with Gasteiger partial charge in [0.05, 0.1) is 0 Å². The van der Waals surface area contributed by atoms with E-state index in [1.165, 1.54) is 18.9 Å². The molecule has 0 aliphatic heterocycles. The maximum absolute atomic E-state index is 9.96. The van der Waals surface area contributed by atoms with Crippen LogP contribution in [0.15, 0.2) is 18.2 Å². The van der Waals surface area contributed by atoms with Crippen molar-refractivity contribution in [1.29, 1.82) is 0 Å². The molecule has 106 valence electrons. The highest BCUT2D eigenvalue weighted by Gasteiger charge is 2.32. The summed E-state index contributed by atoms with van der Waals surface area (Å²) >= 11 is 0. The standard InChI is InChI=1S/C15H24N2O2/c1-10(13-8-12(18)6-7-15(13)19)17(2)14-5-3-4-11(14)9-16/h6-8,10-11,14,18-19H,3-5,9,16H2,1-2H3. The molecule has 4 heteroatoms. The minimum absolute atomic E-state index is 0.0595. The highest BCUT2D eigenvalue weighted by molar-refractivity contribution is 5.40. The van der Waals surface area contributed by atoms with Gasteiger partial charge >= 0.3 is 0 Å². The Hall–Kier alpha value is -1.26. The van der Waals surface area contributed by atoms with Crippen LogP contribution in [0.3, 0.4) is 0 Å². The lowest BCUT2D eigenvalue weighted by Crippen LogP contribution is -2.39. The van der Waals surface area contributed by atoms with Gasteiger partial charge in [0.15, 0.2) is 0 Å². The number of hydrogen-bond donors (Lipinski definition) is 3. The van der Waals surface area contributed by atoms with Gasteiger partial charge in [-0.2, -0.15) is 0 Å². The maximum atomic E-state index is 9.96. The Labute approximate surface area is 114 Å². The smallest absolute Gasteiger partial charge is 0.120 e. The molecule has 4 N–H and O–H groups in total. The van der Waals surface area contributed by atoms with Gasteiger partial charge in [0.25, 0.3) is 0 Å². The quantitative estimate of drug-likeness (QED) is 0.729. The minimum atomic E-state index is 0.0595. The molecule has 1 aromatic carbocycles. The summed E-state index contributed by atoms with van der Waals surface area (Å²) in [5.41, 5.74) is 6.61. The van der Waals surface area contributed by atoms with E-state index < -0.39 is 0 Å². The van der Waals surface area contributed by atoms with Gasteiger partial charge in [-0.15, -0.1) is 0 Å². The zero-order chi connectivity index (χ0) is 14.0. The Morgan fingerprint density at radius 3 is 2.79 bits per heavy atom. The first-order chi connectivity index (χ1) is 9.04. The largest absolute Gasteiger partial charge is 0.508 e. The molecule has 3 atom stereocenters. The van der Waals surface area contributed by atoms with E-state index >= 15 is 0 Å². The number of benzene rings is 1. The molecule has 19 heavy (non-hydrogen) atoms. The molecule has 0 spiro atoms. The van der Waals surface area contributed by atoms with Crippen LogP contribution in [0.1, 0.15) is 37.8 Å². The van der Waals surface area contributed by atoms with Crippen molar-refractivity contribution in [3.05, 3.63) is 23.8 Å². The number of rotatable bonds is 4. The summed E-state index contributed by atoms with van der Waals surface area (Å²) in [5.74, 6) is 0.959. The van der Waals surface area contributed by atoms with Gasteiger partial charge < -0.3 is 15.9 Å². The van der Waals surface area contributed by atoms with Crippen molar-refractivity contribution in [3.63, 3.8) is 0 Å². The number of nitrogens with zero attached hydrogens (tertiary/aromatic N) is 1. The second-order valence-corrected chi connectivity index (χ2v) is 5.58. The molecule has 1 aliphatic rings. The first-order valence-corrected chi connectivity index (χ1v) is 6.98. The van der Waals surface area contributed by atoms with Gasteiger partial charge in [-0.25, -0.2) is 0 Å². The normalized spacial score (nSPS) is 24.8. The molecule has 1 fully saturated rings. The van der Waals surface area contributed by atoms with E-state index in [0.29, 0.717) is 18.5 Å². The summed E-state index contributed by atoms with van der Waals surface area (Å²) in [6.07, 6.45) is 3.56. The molecule has 0 saturated heterocycles. The van der Waals surface area contributed by atoms with Crippen molar-refractivity contribution < 1.29 is 10.2 Å². The second kappa shape index (κ2) is 5.80. The highest BCUT2D eigenvalue weighted by Crippen LogP contribution is 2.36. The van der Waals surface area contributed by atoms with Gasteiger partial charge in [-0.1, -0.05) is 6.42 Å². The van der Waals surface area contributed by atoms with Gasteiger partial charge in [-0.3, -0.25) is 4.90 Å². The van der Waals surface area contributed by atoms with Crippen molar-refractivity contribution in [3.8, 4) is 11.5 Å². The fourth-order valence-electron chi connectivity index (χ4n) is 3.21. The van der Waals surface area contributed by atoms with Gasteiger partial charge in [0, 0.05) is 17.6 Å². The van der Waals surface area contributed by atoms with Crippen LogP contribution in [0.2, 0.25) is 0 Å². The average Bonchev–Trinajstić information content (AvgIpc) is 2.88. The Morgan fingerprint density at radius 2 is 2.11 bits per heavy atom. The van der Waals surface area contributed by atoms with E-state index in [-0.39, 0.29) is 17.5 Å². The molecule has 1 aliphatic carbocycles. The number of hydrogen-bond acceptors (Lipinski definition) is 4. The van der Waals surface area contributed by atoms with E-state index in [2.05, 4.69) is 18.9 Å². The molecule has 4 nitrogen and oxygen atoms in total. The van der Waals surface area contributed by atoms with E-state index in [4.69, 9.17) is 5.73 Å². The monoisotopic (exact) mass is 264 g/mol. The first-order valence-electron chi connectivity index (χ1n) is 6.98. The Balaban J connectivity index is 2.18. The van der Waals surface area contributed by atoms with Crippen molar-refractivity contribution >= 4 is 0 Å². The van der Waals surface area contributed by atoms with Crippen LogP contribution in [0.25, 0.3) is 0 Å². The van der Waals surface area contributed by atoms with Crippen LogP contribution in [0.4, 0.5) is 0 Å². The third-order valence-electron chi connectivity index (χ3n) is 4.52. The zero-order valence-corrected chi connectivity index (χ0v) is 11.7. The molecule has 0 aromatic heterocycles. The van der Waals surface area contributed by atoms with Crippen LogP contribution >= 0.6 is 0 Å². The maximum Gasteiger partial charge on any atom is 0.120 e. The third kappa shape index (κ3) is 2.85. The minimum Gasteiger partial charge on any atom is -0.508 e. The molecular weight excluding hydrogens is 240 g/mol. The van der Waals surface area contributed by atoms with E-state index in [1.54, 1.807) is 12.1 Å². The third-order valence-corrected chi connectivity index (χ3v) is 4.52. The molecule has 1 saturated carbocycles. The van der Waals surface area contributed by atoms with Crippen LogP contribution in [0.5, 0.6) is 11.5 Å². The molecule has 0 heterocycles. The summed E-state index contributed by atoms with van der Waals surface area (Å²) in [4.78, 5) is 2.28. The van der Waals surface area contributed by atoms with E-state index in [9.17, 15) is 10.2 Å². The summed E-state index contributed by atoms with van der Waals surface area (Å²) in [6, 6.07) is 5.21. The van der Waals surface area contributed by atoms with Crippen LogP contribution in [0, 0.1) is 5.92 Å². The van der Waals surface area contributed by atoms with Crippen LogP contribution in [-0.2, 0) is 0 Å². The lowest BCUT2D eigenvalue weighted by Gasteiger charge is -2.34. The predicted octanol–water partition coefficient (Wildman–Crippen LogP) is 2.22. The molecule has 3 unspecified atom stereocenters. The van der Waals surface area contributed by atoms with Gasteiger partial charge in [-0.05, 0) is 57.5 Å². The number of nitrogens with two attached hydrogens (primary N) is 1. The van der Waals surface area contributed by atoms with Crippen molar-refractivity contribution in [1.82, 2.24) is 4.90 Å². The summed E-state index contributed by atoms with van der Waals surface area (Å²) < 4.78 is 0. The molecule has 0 radical (unpaired) electrons. The summed E-state index contributed by atoms with van der Waals surface area (Å²) in [6.45, 7) is 2.77. The first kappa shape index (κ1) is 14.2. The van der Waals surface area contributed by atoms with Crippen molar-refractivity contribution in [2.24, 2.45) is 11.7 Å². The fraction of sp³-hybridized carbons (Fsp3) is 0.600. The lowest BCUT2D eigenvalue weighted by atomic mass is 9.98. The highest BCUT2D eigenvalue weighted by atomic mass is 16.3. The number of aromatic hydroxyl groups is 2. The van der Waals surface area contributed by atoms with E-state index in [1.807, 2.05) is 0 Å². The molecule has 0 bridgehead atoms. The van der Waals surface area contributed by atoms with Gasteiger partial charge in [0.2, 0.25) is 0 Å². The molecular formula is C15H24N2O2. The molecule has 0 amide bonds. The molecule has 1 aromatic rings. The predicted molar refractivity (Wildman–Crippen MR) is 76.1 cm³/mol. The summed E-state index contributed by atoms with van der Waals surface area (Å²) in [5, 5.41) is 19.5. The lowest BCUT2D eigenvalue weighted by molar-refractivity contribution is 0.150. The van der Waals surface area contributed by atoms with Crippen LogP contribution in [-0.4, -0.2) is 34.7 Å². The van der Waals surface area contributed by atoms with Crippen molar-refractivity contribution in [2.45, 2.75) is 38.3 Å². The Kier molecular flexibility index (Phi) is 4.32. The second-order valence-electron chi connectivity index (χ2n) is 5.58. The van der Waals surface area contributed by atoms with Crippen molar-refractivity contribution in [2.75, 3.05) is 13.6 Å². The number of phenolic OH excluding ortho intramolecular Hbond substituents is 2. The topological polar surface area (TPSA) is 69.7 Å². The van der Waals surface area contributed by atoms with E-state index in [0.717, 1.165) is 12.0 Å². The Bertz CT molecular complexity index is 436. The zero-order valence-electron chi connectivity index (χ0n) is 11.7. The average molecular weight is 264 g/mol.